The monoisotopic (exact) mass is 414 g/mol. The number of rotatable bonds is 8. The lowest BCUT2D eigenvalue weighted by molar-refractivity contribution is -0.125. The van der Waals surface area contributed by atoms with Crippen LogP contribution in [0.25, 0.3) is 11.1 Å². The number of nitrogens with zero attached hydrogens (tertiary/aromatic N) is 2. The van der Waals surface area contributed by atoms with E-state index in [9.17, 15) is 4.79 Å². The van der Waals surface area contributed by atoms with E-state index in [4.69, 9.17) is 0 Å². The zero-order chi connectivity index (χ0) is 21.5. The van der Waals surface area contributed by atoms with E-state index in [1.54, 1.807) is 12.4 Å². The molecule has 2 atom stereocenters. The highest BCUT2D eigenvalue weighted by molar-refractivity contribution is 5.82. The first-order chi connectivity index (χ1) is 15.2. The largest absolute Gasteiger partial charge is 0.355 e. The van der Waals surface area contributed by atoms with E-state index in [2.05, 4.69) is 69.0 Å². The summed E-state index contributed by atoms with van der Waals surface area (Å²) in [6.45, 7) is 5.03. The Hall–Kier alpha value is -3.02. The Balaban J connectivity index is 1.37. The Morgan fingerprint density at radius 1 is 0.968 bits per heavy atom. The molecule has 2 N–H and O–H groups in total. The number of likely N-dealkylation sites (tertiary alicyclic amines) is 1. The molecule has 2 aromatic carbocycles. The topological polar surface area (TPSA) is 57.3 Å². The number of amides is 1. The van der Waals surface area contributed by atoms with Gasteiger partial charge in [-0.1, -0.05) is 54.6 Å². The summed E-state index contributed by atoms with van der Waals surface area (Å²) in [5.74, 6) is 0.119. The van der Waals surface area contributed by atoms with Gasteiger partial charge in [0.1, 0.15) is 0 Å². The Bertz CT molecular complexity index is 960. The molecule has 1 fully saturated rings. The second-order valence-corrected chi connectivity index (χ2v) is 8.07. The lowest BCUT2D eigenvalue weighted by Gasteiger charge is -2.23. The van der Waals surface area contributed by atoms with E-state index in [-0.39, 0.29) is 18.0 Å². The molecule has 5 heteroatoms. The van der Waals surface area contributed by atoms with Gasteiger partial charge in [-0.3, -0.25) is 14.7 Å². The molecule has 1 aliphatic heterocycles. The van der Waals surface area contributed by atoms with Crippen molar-refractivity contribution in [2.75, 3.05) is 13.1 Å². The normalized spacial score (nSPS) is 18.7. The van der Waals surface area contributed by atoms with Crippen molar-refractivity contribution in [1.29, 1.82) is 0 Å². The van der Waals surface area contributed by atoms with Crippen LogP contribution in [0, 0.1) is 0 Å². The summed E-state index contributed by atoms with van der Waals surface area (Å²) >= 11 is 0. The van der Waals surface area contributed by atoms with Crippen molar-refractivity contribution in [3.05, 3.63) is 90.3 Å². The van der Waals surface area contributed by atoms with Crippen molar-refractivity contribution in [2.24, 2.45) is 0 Å². The van der Waals surface area contributed by atoms with Crippen LogP contribution in [0.1, 0.15) is 24.5 Å². The van der Waals surface area contributed by atoms with Crippen LogP contribution in [0.4, 0.5) is 0 Å². The van der Waals surface area contributed by atoms with Crippen LogP contribution in [0.3, 0.4) is 0 Å². The molecule has 0 unspecified atom stereocenters. The van der Waals surface area contributed by atoms with Gasteiger partial charge in [0, 0.05) is 44.6 Å². The maximum atomic E-state index is 12.6. The Kier molecular flexibility index (Phi) is 7.07. The first-order valence-electron chi connectivity index (χ1n) is 11.0. The summed E-state index contributed by atoms with van der Waals surface area (Å²) < 4.78 is 0. The van der Waals surface area contributed by atoms with E-state index >= 15 is 0 Å². The van der Waals surface area contributed by atoms with Gasteiger partial charge in [-0.15, -0.1) is 0 Å². The van der Waals surface area contributed by atoms with Crippen LogP contribution >= 0.6 is 0 Å². The standard InChI is InChI=1S/C26H30N4O/c1-2-28-26(31)25-16-24(19-30(25)18-21-12-14-27-15-13-21)29-17-20-8-10-23(11-9-20)22-6-4-3-5-7-22/h3-15,24-25,29H,2,16-19H2,1H3,(H,28,31)/t24-,25+/m1/s1. The van der Waals surface area contributed by atoms with Crippen LogP contribution < -0.4 is 10.6 Å². The van der Waals surface area contributed by atoms with Crippen LogP contribution in [-0.2, 0) is 17.9 Å². The first-order valence-corrected chi connectivity index (χ1v) is 11.0. The number of nitrogens with one attached hydrogen (secondary N) is 2. The molecule has 0 bridgehead atoms. The van der Waals surface area contributed by atoms with Gasteiger partial charge < -0.3 is 10.6 Å². The van der Waals surface area contributed by atoms with Gasteiger partial charge in [0.2, 0.25) is 5.91 Å². The van der Waals surface area contributed by atoms with Gasteiger partial charge in [-0.25, -0.2) is 0 Å². The molecule has 2 heterocycles. The maximum absolute atomic E-state index is 12.6. The molecule has 0 saturated carbocycles. The average molecular weight is 415 g/mol. The third-order valence-electron chi connectivity index (χ3n) is 5.85. The summed E-state index contributed by atoms with van der Waals surface area (Å²) in [5, 5.41) is 6.66. The highest BCUT2D eigenvalue weighted by Crippen LogP contribution is 2.22. The summed E-state index contributed by atoms with van der Waals surface area (Å²) in [7, 11) is 0. The minimum atomic E-state index is -0.105. The number of benzene rings is 2. The summed E-state index contributed by atoms with van der Waals surface area (Å²) in [6, 6.07) is 23.3. The predicted molar refractivity (Wildman–Crippen MR) is 124 cm³/mol. The zero-order valence-electron chi connectivity index (χ0n) is 18.0. The van der Waals surface area contributed by atoms with E-state index in [1.807, 2.05) is 25.1 Å². The average Bonchev–Trinajstić information content (AvgIpc) is 3.22. The number of aromatic nitrogens is 1. The van der Waals surface area contributed by atoms with Crippen molar-refractivity contribution in [2.45, 2.75) is 38.5 Å². The van der Waals surface area contributed by atoms with Crippen LogP contribution in [0.5, 0.6) is 0 Å². The molecule has 3 aromatic rings. The molecule has 0 aliphatic carbocycles. The van der Waals surface area contributed by atoms with Gasteiger partial charge in [0.05, 0.1) is 6.04 Å². The Morgan fingerprint density at radius 3 is 2.39 bits per heavy atom. The number of pyridine rings is 1. The fraction of sp³-hybridized carbons (Fsp3) is 0.308. The quantitative estimate of drug-likeness (QED) is 0.591. The van der Waals surface area contributed by atoms with Gasteiger partial charge in [-0.2, -0.15) is 0 Å². The zero-order valence-corrected chi connectivity index (χ0v) is 18.0. The highest BCUT2D eigenvalue weighted by atomic mass is 16.2. The fourth-order valence-electron chi connectivity index (χ4n) is 4.22. The van der Waals surface area contributed by atoms with Gasteiger partial charge >= 0.3 is 0 Å². The first kappa shape index (κ1) is 21.2. The molecule has 1 amide bonds. The Labute approximate surface area is 184 Å². The highest BCUT2D eigenvalue weighted by Gasteiger charge is 2.36. The van der Waals surface area contributed by atoms with Gasteiger partial charge in [-0.05, 0) is 47.7 Å². The number of hydrogen-bond acceptors (Lipinski definition) is 4. The van der Waals surface area contributed by atoms with E-state index in [0.717, 1.165) is 26.1 Å². The summed E-state index contributed by atoms with van der Waals surface area (Å²) in [6.07, 6.45) is 4.43. The second kappa shape index (κ2) is 10.3. The Morgan fingerprint density at radius 2 is 1.68 bits per heavy atom. The van der Waals surface area contributed by atoms with Crippen LogP contribution in [0.2, 0.25) is 0 Å². The molecule has 0 spiro atoms. The molecule has 5 nitrogen and oxygen atoms in total. The summed E-state index contributed by atoms with van der Waals surface area (Å²) in [4.78, 5) is 19.0. The van der Waals surface area contributed by atoms with E-state index in [0.29, 0.717) is 6.54 Å². The van der Waals surface area contributed by atoms with Crippen molar-refractivity contribution in [1.82, 2.24) is 20.5 Å². The molecule has 1 aliphatic rings. The minimum Gasteiger partial charge on any atom is -0.355 e. The molecule has 0 radical (unpaired) electrons. The lowest BCUT2D eigenvalue weighted by atomic mass is 10.0. The second-order valence-electron chi connectivity index (χ2n) is 8.07. The number of carbonyl (C=O) groups excluding carboxylic acids is 1. The van der Waals surface area contributed by atoms with Gasteiger partial charge in [0.25, 0.3) is 0 Å². The number of likely N-dealkylation sites (N-methyl/N-ethyl adjacent to an activating group) is 1. The molecule has 31 heavy (non-hydrogen) atoms. The number of carbonyl (C=O) groups is 1. The van der Waals surface area contributed by atoms with Crippen molar-refractivity contribution >= 4 is 5.91 Å². The third-order valence-corrected chi connectivity index (χ3v) is 5.85. The van der Waals surface area contributed by atoms with Crippen LogP contribution in [-0.4, -0.2) is 41.0 Å². The van der Waals surface area contributed by atoms with Crippen molar-refractivity contribution in [3.8, 4) is 11.1 Å². The molecule has 1 saturated heterocycles. The van der Waals surface area contributed by atoms with Crippen molar-refractivity contribution < 1.29 is 4.79 Å². The minimum absolute atomic E-state index is 0.105. The molecule has 160 valence electrons. The lowest BCUT2D eigenvalue weighted by Crippen LogP contribution is -2.42. The van der Waals surface area contributed by atoms with Gasteiger partial charge in [0.15, 0.2) is 0 Å². The van der Waals surface area contributed by atoms with Crippen LogP contribution in [0.15, 0.2) is 79.1 Å². The van der Waals surface area contributed by atoms with Crippen molar-refractivity contribution in [3.63, 3.8) is 0 Å². The number of hydrogen-bond donors (Lipinski definition) is 2. The van der Waals surface area contributed by atoms with E-state index in [1.165, 1.54) is 22.3 Å². The molecular weight excluding hydrogens is 384 g/mol. The predicted octanol–water partition coefficient (Wildman–Crippen LogP) is 3.62. The fourth-order valence-corrected chi connectivity index (χ4v) is 4.22. The maximum Gasteiger partial charge on any atom is 0.237 e. The molecular formula is C26H30N4O. The molecule has 4 rings (SSSR count). The van der Waals surface area contributed by atoms with E-state index < -0.39 is 0 Å². The summed E-state index contributed by atoms with van der Waals surface area (Å²) in [5.41, 5.74) is 4.89. The smallest absolute Gasteiger partial charge is 0.237 e. The third kappa shape index (κ3) is 5.57. The molecule has 1 aromatic heterocycles. The SMILES string of the molecule is CCNC(=O)[C@@H]1C[C@@H](NCc2ccc(-c3ccccc3)cc2)CN1Cc1ccncc1.